The van der Waals surface area contributed by atoms with Gasteiger partial charge in [0.1, 0.15) is 22.4 Å². The molecule has 0 radical (unpaired) electrons. The molecule has 0 aliphatic heterocycles. The molecule has 0 fully saturated rings. The van der Waals surface area contributed by atoms with Crippen molar-refractivity contribution in [3.8, 4) is 23.0 Å². The molecular weight excluding hydrogens is 608 g/mol. The third-order valence-electron chi connectivity index (χ3n) is 6.30. The molecule has 0 bridgehead atoms. The fourth-order valence-corrected chi connectivity index (χ4v) is 4.36. The summed E-state index contributed by atoms with van der Waals surface area (Å²) >= 11 is 0. The van der Waals surface area contributed by atoms with Gasteiger partial charge in [0.2, 0.25) is 23.0 Å². The molecule has 276 valence electrons. The molecule has 0 saturated carbocycles. The highest BCUT2D eigenvalue weighted by Crippen LogP contribution is 2.43. The largest absolute Gasteiger partial charge is 0.333 e. The monoisotopic (exact) mass is 676 g/mol. The molecule has 8 nitrogen and oxygen atoms in total. The molecule has 0 amide bonds. The van der Waals surface area contributed by atoms with E-state index < -0.39 is 22.4 Å². The van der Waals surface area contributed by atoms with E-state index in [4.69, 9.17) is 39.1 Å². The summed E-state index contributed by atoms with van der Waals surface area (Å²) in [7, 11) is 0. The Bertz CT molecular complexity index is 1170. The first kappa shape index (κ1) is 43.5. The Balaban J connectivity index is 0.000000480. The van der Waals surface area contributed by atoms with Crippen LogP contribution in [0.15, 0.2) is 24.3 Å². The zero-order valence-corrected chi connectivity index (χ0v) is 33.9. The number of hydrogen-bond donors (Lipinski definition) is 0. The molecule has 8 heteroatoms. The summed E-state index contributed by atoms with van der Waals surface area (Å²) in [5.74, 6) is 3.52. The fourth-order valence-electron chi connectivity index (χ4n) is 4.36. The predicted molar refractivity (Wildman–Crippen MR) is 195 cm³/mol. The van der Waals surface area contributed by atoms with Crippen LogP contribution in [0.5, 0.6) is 23.0 Å². The van der Waals surface area contributed by atoms with Crippen LogP contribution in [0.3, 0.4) is 0 Å². The van der Waals surface area contributed by atoms with Gasteiger partial charge in [0.15, 0.2) is 0 Å². The van der Waals surface area contributed by atoms with Gasteiger partial charge in [-0.15, -0.1) is 0 Å². The maximum absolute atomic E-state index is 5.75. The Morgan fingerprint density at radius 1 is 0.354 bits per heavy atom. The second-order valence-electron chi connectivity index (χ2n) is 17.5. The summed E-state index contributed by atoms with van der Waals surface area (Å²) in [5.41, 5.74) is 2.93. The van der Waals surface area contributed by atoms with Crippen molar-refractivity contribution in [2.75, 3.05) is 0 Å². The average molecular weight is 677 g/mol. The van der Waals surface area contributed by atoms with Gasteiger partial charge in [-0.3, -0.25) is 0 Å². The van der Waals surface area contributed by atoms with Crippen molar-refractivity contribution in [3.05, 3.63) is 46.5 Å². The fraction of sp³-hybridized carbons (Fsp3) is 0.700. The first-order valence-electron chi connectivity index (χ1n) is 17.4. The normalized spacial score (nSPS) is 12.8. The molecule has 2 rings (SSSR count). The third-order valence-corrected chi connectivity index (χ3v) is 6.30. The molecule has 0 unspecified atom stereocenters. The molecule has 0 aliphatic carbocycles. The van der Waals surface area contributed by atoms with E-state index in [1.807, 2.05) is 95.2 Å². The Kier molecular flexibility index (Phi) is 15.8. The van der Waals surface area contributed by atoms with Crippen LogP contribution in [0.2, 0.25) is 0 Å². The molecule has 2 aromatic rings. The molecule has 0 saturated heterocycles. The van der Waals surface area contributed by atoms with Gasteiger partial charge in [0, 0.05) is 11.1 Å². The summed E-state index contributed by atoms with van der Waals surface area (Å²) in [6, 6.07) is 7.92. The minimum Gasteiger partial charge on any atom is -0.333 e. The predicted octanol–water partition coefficient (Wildman–Crippen LogP) is 12.3. The van der Waals surface area contributed by atoms with Gasteiger partial charge < -0.3 is 19.6 Å². The Hall–Kier alpha value is -2.52. The van der Waals surface area contributed by atoms with Crippen molar-refractivity contribution >= 4 is 0 Å². The first-order chi connectivity index (χ1) is 21.6. The SMILES string of the molecule is CC(C)c1ccc(OOC(C)(C)C)c(OOC(C)(C)C)c1C(C)C.CC(C)c1ccc(OOC(C)(C)C)c(OOC(C)(C)C)c1C(C)C. The first-order valence-corrected chi connectivity index (χ1v) is 17.4. The van der Waals surface area contributed by atoms with Crippen molar-refractivity contribution in [2.24, 2.45) is 0 Å². The van der Waals surface area contributed by atoms with Crippen molar-refractivity contribution in [1.82, 2.24) is 0 Å². The lowest BCUT2D eigenvalue weighted by Gasteiger charge is -2.25. The molecule has 0 aliphatic rings. The lowest BCUT2D eigenvalue weighted by atomic mass is 9.89. The van der Waals surface area contributed by atoms with Crippen LogP contribution < -0.4 is 19.6 Å². The molecular formula is C40H68O8. The summed E-state index contributed by atoms with van der Waals surface area (Å²) < 4.78 is 0. The quantitative estimate of drug-likeness (QED) is 0.162. The van der Waals surface area contributed by atoms with Crippen molar-refractivity contribution < 1.29 is 39.1 Å². The molecule has 0 atom stereocenters. The van der Waals surface area contributed by atoms with E-state index >= 15 is 0 Å². The highest BCUT2D eigenvalue weighted by Gasteiger charge is 2.27. The molecule has 48 heavy (non-hydrogen) atoms. The van der Waals surface area contributed by atoms with Gasteiger partial charge >= 0.3 is 0 Å². The molecule has 2 aromatic carbocycles. The van der Waals surface area contributed by atoms with Gasteiger partial charge in [0.05, 0.1) is 0 Å². The van der Waals surface area contributed by atoms with E-state index in [0.29, 0.717) is 34.8 Å². The van der Waals surface area contributed by atoms with Crippen LogP contribution in [-0.2, 0) is 19.6 Å². The lowest BCUT2D eigenvalue weighted by molar-refractivity contribution is -0.292. The number of hydrogen-bond acceptors (Lipinski definition) is 8. The second kappa shape index (κ2) is 17.4. The molecule has 0 N–H and O–H groups in total. The second-order valence-corrected chi connectivity index (χ2v) is 17.5. The molecule has 0 aromatic heterocycles. The minimum atomic E-state index is -0.426. The van der Waals surface area contributed by atoms with E-state index in [-0.39, 0.29) is 11.8 Å². The van der Waals surface area contributed by atoms with Crippen LogP contribution in [-0.4, -0.2) is 22.4 Å². The van der Waals surface area contributed by atoms with Gasteiger partial charge in [-0.05, 0) is 130 Å². The van der Waals surface area contributed by atoms with Crippen LogP contribution in [0, 0.1) is 0 Å². The Morgan fingerprint density at radius 3 is 0.812 bits per heavy atom. The number of rotatable bonds is 12. The topological polar surface area (TPSA) is 73.8 Å². The highest BCUT2D eigenvalue weighted by atomic mass is 17.2. The van der Waals surface area contributed by atoms with E-state index in [1.165, 1.54) is 11.1 Å². The number of benzene rings is 2. The maximum Gasteiger partial charge on any atom is 0.215 e. The van der Waals surface area contributed by atoms with Crippen LogP contribution in [0.4, 0.5) is 0 Å². The van der Waals surface area contributed by atoms with Gasteiger partial charge in [0.25, 0.3) is 0 Å². The van der Waals surface area contributed by atoms with E-state index in [2.05, 4.69) is 67.5 Å². The minimum absolute atomic E-state index is 0.263. The van der Waals surface area contributed by atoms with E-state index in [1.54, 1.807) is 0 Å². The molecule has 0 spiro atoms. The van der Waals surface area contributed by atoms with E-state index in [9.17, 15) is 0 Å². The summed E-state index contributed by atoms with van der Waals surface area (Å²) in [6.07, 6.45) is 0. The van der Waals surface area contributed by atoms with Gasteiger partial charge in [-0.25, -0.2) is 0 Å². The average Bonchev–Trinajstić information content (AvgIpc) is 2.90. The standard InChI is InChI=1S/2C20H34O4/c2*1-13(2)15-11-12-16(21-23-19(5,6)7)18(17(15)14(3)4)22-24-20(8,9)10/h2*11-14H,1-10H3. The van der Waals surface area contributed by atoms with E-state index in [0.717, 1.165) is 11.1 Å². The zero-order chi connectivity index (χ0) is 37.4. The van der Waals surface area contributed by atoms with Crippen LogP contribution in [0.25, 0.3) is 0 Å². The van der Waals surface area contributed by atoms with Gasteiger partial charge in [-0.2, -0.15) is 19.6 Å². The Morgan fingerprint density at radius 2 is 0.604 bits per heavy atom. The summed E-state index contributed by atoms with van der Waals surface area (Å²) in [6.45, 7) is 40.5. The van der Waals surface area contributed by atoms with Crippen molar-refractivity contribution in [1.29, 1.82) is 0 Å². The summed E-state index contributed by atoms with van der Waals surface area (Å²) in [4.78, 5) is 44.8. The smallest absolute Gasteiger partial charge is 0.215 e. The van der Waals surface area contributed by atoms with Crippen molar-refractivity contribution in [2.45, 2.75) is 185 Å². The van der Waals surface area contributed by atoms with Crippen LogP contribution in [0.1, 0.15) is 184 Å². The highest BCUT2D eigenvalue weighted by molar-refractivity contribution is 5.53. The summed E-state index contributed by atoms with van der Waals surface area (Å²) in [5, 5.41) is 0. The zero-order valence-electron chi connectivity index (χ0n) is 33.9. The molecule has 0 heterocycles. The van der Waals surface area contributed by atoms with Crippen LogP contribution >= 0.6 is 0 Å². The lowest BCUT2D eigenvalue weighted by Crippen LogP contribution is -2.24. The van der Waals surface area contributed by atoms with Gasteiger partial charge in [-0.1, -0.05) is 67.5 Å². The third kappa shape index (κ3) is 15.4. The van der Waals surface area contributed by atoms with Crippen molar-refractivity contribution in [3.63, 3.8) is 0 Å². The Labute approximate surface area is 292 Å². The maximum atomic E-state index is 5.75.